The van der Waals surface area contributed by atoms with Crippen LogP contribution in [0.3, 0.4) is 0 Å². The van der Waals surface area contributed by atoms with Crippen LogP contribution in [0.5, 0.6) is 0 Å². The molecule has 0 bridgehead atoms. The van der Waals surface area contributed by atoms with Gasteiger partial charge in [0.1, 0.15) is 0 Å². The zero-order valence-electron chi connectivity index (χ0n) is 19.9. The fourth-order valence-corrected chi connectivity index (χ4v) is 3.93. The molecule has 168 valence electrons. The summed E-state index contributed by atoms with van der Waals surface area (Å²) < 4.78 is 0. The zero-order valence-corrected chi connectivity index (χ0v) is 20.7. The van der Waals surface area contributed by atoms with Gasteiger partial charge in [0.05, 0.1) is 5.57 Å². The Hall–Kier alpha value is -2.84. The number of carbonyl (C=O) groups is 1. The van der Waals surface area contributed by atoms with E-state index in [1.165, 1.54) is 22.3 Å². The highest BCUT2D eigenvalue weighted by atomic mass is 35.5. The van der Waals surface area contributed by atoms with Crippen molar-refractivity contribution in [1.29, 1.82) is 0 Å². The highest BCUT2D eigenvalue weighted by Gasteiger charge is 2.15. The van der Waals surface area contributed by atoms with Gasteiger partial charge in [0.25, 0.3) is 0 Å². The number of aryl methyl sites for hydroxylation is 2. The maximum absolute atomic E-state index is 11.5. The molecule has 2 aromatic rings. The average molecular weight is 449 g/mol. The number of hydrogen-bond acceptors (Lipinski definition) is 1. The van der Waals surface area contributed by atoms with Crippen LogP contribution in [0.1, 0.15) is 55.5 Å². The third-order valence-electron chi connectivity index (χ3n) is 5.94. The summed E-state index contributed by atoms with van der Waals surface area (Å²) in [6.45, 7) is 16.2. The molecule has 2 rings (SSSR count). The van der Waals surface area contributed by atoms with Gasteiger partial charge in [-0.25, -0.2) is 4.79 Å². The summed E-state index contributed by atoms with van der Waals surface area (Å²) in [6, 6.07) is 12.5. The highest BCUT2D eigenvalue weighted by Crippen LogP contribution is 2.31. The summed E-state index contributed by atoms with van der Waals surface area (Å²) in [6.07, 6.45) is 6.51. The van der Waals surface area contributed by atoms with Gasteiger partial charge < -0.3 is 5.11 Å². The number of carboxylic acid groups (broad SMARTS) is 1. The molecule has 1 N–H and O–H groups in total. The molecule has 2 nitrogen and oxygen atoms in total. The summed E-state index contributed by atoms with van der Waals surface area (Å²) >= 11 is 6.46. The van der Waals surface area contributed by atoms with Crippen LogP contribution in [0.25, 0.3) is 11.6 Å². The van der Waals surface area contributed by atoms with Crippen LogP contribution in [0.4, 0.5) is 0 Å². The molecule has 0 radical (unpaired) electrons. The summed E-state index contributed by atoms with van der Waals surface area (Å²) in [7, 11) is 0. The van der Waals surface area contributed by atoms with Crippen molar-refractivity contribution in [2.75, 3.05) is 0 Å². The summed E-state index contributed by atoms with van der Waals surface area (Å²) in [5, 5.41) is 10.1. The van der Waals surface area contributed by atoms with Crippen molar-refractivity contribution in [3.05, 3.63) is 105 Å². The third kappa shape index (κ3) is 6.34. The number of aliphatic carboxylic acids is 1. The molecular weight excluding hydrogens is 416 g/mol. The van der Waals surface area contributed by atoms with E-state index < -0.39 is 5.97 Å². The van der Waals surface area contributed by atoms with Gasteiger partial charge in [0.15, 0.2) is 0 Å². The van der Waals surface area contributed by atoms with Gasteiger partial charge in [0.2, 0.25) is 0 Å². The molecule has 2 aromatic carbocycles. The Balaban J connectivity index is 2.41. The van der Waals surface area contributed by atoms with E-state index in [0.717, 1.165) is 23.1 Å². The van der Waals surface area contributed by atoms with Crippen molar-refractivity contribution >= 4 is 29.2 Å². The summed E-state index contributed by atoms with van der Waals surface area (Å²) in [5.74, 6) is -0.649. The van der Waals surface area contributed by atoms with Crippen LogP contribution in [0, 0.1) is 19.8 Å². The molecule has 1 unspecified atom stereocenters. The lowest BCUT2D eigenvalue weighted by Gasteiger charge is -2.18. The number of benzene rings is 2. The van der Waals surface area contributed by atoms with Crippen molar-refractivity contribution in [3.8, 4) is 0 Å². The first-order valence-electron chi connectivity index (χ1n) is 10.9. The Kier molecular flexibility index (Phi) is 8.86. The quantitative estimate of drug-likeness (QED) is 0.326. The van der Waals surface area contributed by atoms with Gasteiger partial charge in [-0.3, -0.25) is 0 Å². The second kappa shape index (κ2) is 11.2. The van der Waals surface area contributed by atoms with E-state index in [2.05, 4.69) is 63.8 Å². The Morgan fingerprint density at radius 2 is 1.81 bits per heavy atom. The molecule has 0 spiro atoms. The van der Waals surface area contributed by atoms with Crippen molar-refractivity contribution in [3.63, 3.8) is 0 Å². The van der Waals surface area contributed by atoms with Crippen LogP contribution < -0.4 is 0 Å². The van der Waals surface area contributed by atoms with Crippen molar-refractivity contribution in [2.24, 2.45) is 5.92 Å². The SMILES string of the molecule is C=C(/C=C(\C)c1cc(Cl)c(C)cc1CC(C)/C(C)=C/c1ccccc1C)/C(=C\C)C(=O)O. The standard InChI is InChI=1S/C29H33ClO2/c1-8-26(29(31)32)21(5)13-22(6)27-17-28(30)23(7)16-25(27)15-20(4)19(3)14-24-12-10-9-11-18(24)2/h8-14,16-17,20H,5,15H2,1-4,6-7H3,(H,31,32)/b19-14+,22-13+,26-8+. The molecular formula is C29H33ClO2. The number of allylic oxidation sites excluding steroid dienone is 4. The third-order valence-corrected chi connectivity index (χ3v) is 6.35. The lowest BCUT2D eigenvalue weighted by atomic mass is 9.87. The smallest absolute Gasteiger partial charge is 0.335 e. The molecule has 32 heavy (non-hydrogen) atoms. The lowest BCUT2D eigenvalue weighted by Crippen LogP contribution is -2.05. The number of hydrogen-bond donors (Lipinski definition) is 1. The maximum atomic E-state index is 11.5. The molecule has 0 aliphatic carbocycles. The molecule has 0 aliphatic heterocycles. The molecule has 0 heterocycles. The molecule has 3 heteroatoms. The Bertz CT molecular complexity index is 1120. The zero-order chi connectivity index (χ0) is 24.0. The van der Waals surface area contributed by atoms with Crippen molar-refractivity contribution in [2.45, 2.75) is 48.0 Å². The lowest BCUT2D eigenvalue weighted by molar-refractivity contribution is -0.132. The molecule has 0 fully saturated rings. The van der Waals surface area contributed by atoms with E-state index in [-0.39, 0.29) is 5.57 Å². The van der Waals surface area contributed by atoms with Gasteiger partial charge in [-0.05, 0) is 92.0 Å². The first-order valence-corrected chi connectivity index (χ1v) is 11.2. The fraction of sp³-hybridized carbons (Fsp3) is 0.276. The Labute approximate surface area is 197 Å². The van der Waals surface area contributed by atoms with Crippen molar-refractivity contribution in [1.82, 2.24) is 0 Å². The first-order chi connectivity index (χ1) is 15.0. The number of rotatable bonds is 8. The second-order valence-corrected chi connectivity index (χ2v) is 8.88. The van der Waals surface area contributed by atoms with Gasteiger partial charge in [-0.15, -0.1) is 0 Å². The molecule has 0 aliphatic rings. The van der Waals surface area contributed by atoms with Crippen LogP contribution in [0.15, 0.2) is 71.8 Å². The molecule has 0 aromatic heterocycles. The normalized spacial score (nSPS) is 13.8. The van der Waals surface area contributed by atoms with Gasteiger partial charge in [0, 0.05) is 5.02 Å². The predicted molar refractivity (Wildman–Crippen MR) is 138 cm³/mol. The average Bonchev–Trinajstić information content (AvgIpc) is 2.72. The maximum Gasteiger partial charge on any atom is 0.335 e. The molecule has 0 amide bonds. The minimum absolute atomic E-state index is 0.203. The summed E-state index contributed by atoms with van der Waals surface area (Å²) in [4.78, 5) is 11.5. The molecule has 1 atom stereocenters. The molecule has 0 saturated carbocycles. The monoisotopic (exact) mass is 448 g/mol. The van der Waals surface area contributed by atoms with E-state index in [0.29, 0.717) is 16.5 Å². The van der Waals surface area contributed by atoms with E-state index in [4.69, 9.17) is 11.6 Å². The number of halogens is 1. The fourth-order valence-electron chi connectivity index (χ4n) is 3.77. The van der Waals surface area contributed by atoms with Crippen molar-refractivity contribution < 1.29 is 9.90 Å². The minimum atomic E-state index is -0.977. The van der Waals surface area contributed by atoms with Crippen LogP contribution in [-0.4, -0.2) is 11.1 Å². The van der Waals surface area contributed by atoms with Crippen LogP contribution in [0.2, 0.25) is 5.02 Å². The van der Waals surface area contributed by atoms with Gasteiger partial charge >= 0.3 is 5.97 Å². The van der Waals surface area contributed by atoms with Crippen LogP contribution in [-0.2, 0) is 11.2 Å². The topological polar surface area (TPSA) is 37.3 Å². The molecule has 0 saturated heterocycles. The first kappa shape index (κ1) is 25.4. The van der Waals surface area contributed by atoms with Gasteiger partial charge in [-0.2, -0.15) is 0 Å². The summed E-state index contributed by atoms with van der Waals surface area (Å²) in [5.41, 5.74) is 8.69. The van der Waals surface area contributed by atoms with E-state index in [9.17, 15) is 9.90 Å². The number of carboxylic acids is 1. The van der Waals surface area contributed by atoms with Crippen LogP contribution >= 0.6 is 11.6 Å². The minimum Gasteiger partial charge on any atom is -0.478 e. The second-order valence-electron chi connectivity index (χ2n) is 8.47. The Morgan fingerprint density at radius 1 is 1.16 bits per heavy atom. The predicted octanol–water partition coefficient (Wildman–Crippen LogP) is 8.23. The largest absolute Gasteiger partial charge is 0.478 e. The highest BCUT2D eigenvalue weighted by molar-refractivity contribution is 6.31. The van der Waals surface area contributed by atoms with E-state index >= 15 is 0 Å². The van der Waals surface area contributed by atoms with E-state index in [1.54, 1.807) is 13.0 Å². The van der Waals surface area contributed by atoms with Gasteiger partial charge in [-0.1, -0.05) is 79.2 Å². The van der Waals surface area contributed by atoms with E-state index in [1.807, 2.05) is 26.0 Å². The Morgan fingerprint density at radius 3 is 2.41 bits per heavy atom.